The average molecular weight is 516 g/mol. The molecule has 8 heteroatoms. The average Bonchev–Trinajstić information content (AvgIpc) is 2.83. The number of nitrogens with one attached hydrogen (secondary N) is 1. The summed E-state index contributed by atoms with van der Waals surface area (Å²) in [4.78, 5) is 28.1. The second-order valence-corrected chi connectivity index (χ2v) is 12.0. The molecule has 7 nitrogen and oxygen atoms in total. The van der Waals surface area contributed by atoms with Crippen LogP contribution in [0, 0.1) is 0 Å². The highest BCUT2D eigenvalue weighted by molar-refractivity contribution is 7.92. The van der Waals surface area contributed by atoms with E-state index in [2.05, 4.69) is 26.1 Å². The molecule has 0 fully saturated rings. The summed E-state index contributed by atoms with van der Waals surface area (Å²) >= 11 is 0. The fourth-order valence-electron chi connectivity index (χ4n) is 4.00. The summed E-state index contributed by atoms with van der Waals surface area (Å²) < 4.78 is 26.6. The largest absolute Gasteiger partial charge is 0.354 e. The van der Waals surface area contributed by atoms with Gasteiger partial charge in [0, 0.05) is 13.1 Å². The van der Waals surface area contributed by atoms with Crippen LogP contribution in [0.25, 0.3) is 0 Å². The molecule has 2 amide bonds. The van der Waals surface area contributed by atoms with Gasteiger partial charge < -0.3 is 10.2 Å². The number of carbonyl (C=O) groups excluding carboxylic acids is 2. The fraction of sp³-hybridized carbons (Fsp3) is 0.500. The molecule has 0 aromatic heterocycles. The molecular formula is C28H41N3O4S. The molecule has 198 valence electrons. The maximum Gasteiger partial charge on any atom is 0.244 e. The number of carbonyl (C=O) groups is 2. The zero-order chi connectivity index (χ0) is 26.9. The monoisotopic (exact) mass is 515 g/mol. The zero-order valence-electron chi connectivity index (χ0n) is 22.5. The van der Waals surface area contributed by atoms with E-state index in [-0.39, 0.29) is 17.9 Å². The summed E-state index contributed by atoms with van der Waals surface area (Å²) in [6.07, 6.45) is 2.86. The van der Waals surface area contributed by atoms with Crippen molar-refractivity contribution in [3.05, 3.63) is 65.7 Å². The van der Waals surface area contributed by atoms with Gasteiger partial charge in [-0.05, 0) is 47.9 Å². The van der Waals surface area contributed by atoms with Gasteiger partial charge in [0.25, 0.3) is 0 Å². The second-order valence-electron chi connectivity index (χ2n) is 10.1. The van der Waals surface area contributed by atoms with Gasteiger partial charge in [0.2, 0.25) is 21.8 Å². The Kier molecular flexibility index (Phi) is 10.5. The smallest absolute Gasteiger partial charge is 0.244 e. The van der Waals surface area contributed by atoms with Crippen LogP contribution < -0.4 is 9.62 Å². The molecule has 2 aromatic rings. The molecule has 1 N–H and O–H groups in total. The Balaban J connectivity index is 2.36. The fourth-order valence-corrected chi connectivity index (χ4v) is 4.85. The van der Waals surface area contributed by atoms with Crippen molar-refractivity contribution >= 4 is 27.5 Å². The van der Waals surface area contributed by atoms with Gasteiger partial charge in [-0.3, -0.25) is 13.9 Å². The maximum absolute atomic E-state index is 13.6. The zero-order valence-corrected chi connectivity index (χ0v) is 23.3. The lowest BCUT2D eigenvalue weighted by Gasteiger charge is -2.33. The van der Waals surface area contributed by atoms with Crippen LogP contribution in [0.5, 0.6) is 0 Å². The molecule has 1 unspecified atom stereocenters. The van der Waals surface area contributed by atoms with Gasteiger partial charge in [-0.2, -0.15) is 0 Å². The van der Waals surface area contributed by atoms with E-state index < -0.39 is 22.0 Å². The lowest BCUT2D eigenvalue weighted by atomic mass is 9.87. The van der Waals surface area contributed by atoms with Crippen molar-refractivity contribution in [2.75, 3.05) is 30.2 Å². The molecule has 1 atom stereocenters. The quantitative estimate of drug-likeness (QED) is 0.461. The molecule has 0 heterocycles. The van der Waals surface area contributed by atoms with Gasteiger partial charge in [0.05, 0.1) is 11.9 Å². The van der Waals surface area contributed by atoms with Crippen molar-refractivity contribution in [2.24, 2.45) is 0 Å². The van der Waals surface area contributed by atoms with Gasteiger partial charge in [0.15, 0.2) is 0 Å². The van der Waals surface area contributed by atoms with Gasteiger partial charge in [-0.25, -0.2) is 8.42 Å². The van der Waals surface area contributed by atoms with Crippen LogP contribution in [0.15, 0.2) is 54.6 Å². The molecule has 0 saturated heterocycles. The number of amides is 2. The van der Waals surface area contributed by atoms with Gasteiger partial charge in [0.1, 0.15) is 12.6 Å². The third-order valence-corrected chi connectivity index (χ3v) is 7.26. The number of hydrogen-bond donors (Lipinski definition) is 1. The number of sulfonamides is 1. The molecule has 0 spiro atoms. The van der Waals surface area contributed by atoms with E-state index in [0.29, 0.717) is 31.6 Å². The highest BCUT2D eigenvalue weighted by Crippen LogP contribution is 2.26. The minimum absolute atomic E-state index is 0.0846. The van der Waals surface area contributed by atoms with Gasteiger partial charge in [-0.1, -0.05) is 77.1 Å². The first-order chi connectivity index (χ1) is 16.9. The SMILES string of the molecule is CCCNC(=O)C(CC)N(CCc1ccccc1)C(=O)CN(c1ccc(C(C)(C)C)cc1)S(C)(=O)=O. The van der Waals surface area contributed by atoms with Crippen LogP contribution in [0.2, 0.25) is 0 Å². The topological polar surface area (TPSA) is 86.8 Å². The van der Waals surface area contributed by atoms with E-state index in [9.17, 15) is 18.0 Å². The first kappa shape index (κ1) is 29.4. The third kappa shape index (κ3) is 8.36. The van der Waals surface area contributed by atoms with E-state index >= 15 is 0 Å². The predicted molar refractivity (Wildman–Crippen MR) is 147 cm³/mol. The summed E-state index contributed by atoms with van der Waals surface area (Å²) in [6.45, 7) is 10.5. The molecular weight excluding hydrogens is 474 g/mol. The summed E-state index contributed by atoms with van der Waals surface area (Å²) in [5.74, 6) is -0.629. The summed E-state index contributed by atoms with van der Waals surface area (Å²) in [6, 6.07) is 16.3. The Labute approximate surface area is 216 Å². The number of hydrogen-bond acceptors (Lipinski definition) is 4. The Hall–Kier alpha value is -2.87. The Morgan fingerprint density at radius 3 is 2.08 bits per heavy atom. The summed E-state index contributed by atoms with van der Waals surface area (Å²) in [5.41, 5.74) is 2.44. The standard InChI is InChI=1S/C28H41N3O4S/c1-7-19-29-27(33)25(8-2)30(20-18-22-12-10-9-11-13-22)26(32)21-31(36(6,34)35)24-16-14-23(15-17-24)28(3,4)5/h9-17,25H,7-8,18-21H2,1-6H3,(H,29,33). The third-order valence-electron chi connectivity index (χ3n) is 6.12. The molecule has 0 aliphatic carbocycles. The molecule has 0 aliphatic heterocycles. The van der Waals surface area contributed by atoms with Crippen LogP contribution in [-0.2, 0) is 31.4 Å². The van der Waals surface area contributed by atoms with E-state index in [1.54, 1.807) is 12.1 Å². The van der Waals surface area contributed by atoms with Crippen LogP contribution in [0.1, 0.15) is 58.6 Å². The van der Waals surface area contributed by atoms with Gasteiger partial charge >= 0.3 is 0 Å². The summed E-state index contributed by atoms with van der Waals surface area (Å²) in [5, 5.41) is 2.89. The van der Waals surface area contributed by atoms with Crippen molar-refractivity contribution < 1.29 is 18.0 Å². The number of anilines is 1. The minimum atomic E-state index is -3.74. The highest BCUT2D eigenvalue weighted by atomic mass is 32.2. The molecule has 2 rings (SSSR count). The highest BCUT2D eigenvalue weighted by Gasteiger charge is 2.31. The molecule has 0 bridgehead atoms. The van der Waals surface area contributed by atoms with Crippen LogP contribution in [-0.4, -0.2) is 57.1 Å². The van der Waals surface area contributed by atoms with E-state index in [1.807, 2.05) is 56.3 Å². The van der Waals surface area contributed by atoms with Crippen LogP contribution in [0.3, 0.4) is 0 Å². The van der Waals surface area contributed by atoms with Crippen LogP contribution in [0.4, 0.5) is 5.69 Å². The Morgan fingerprint density at radius 1 is 0.972 bits per heavy atom. The Morgan fingerprint density at radius 2 is 1.58 bits per heavy atom. The van der Waals surface area contributed by atoms with Crippen molar-refractivity contribution in [3.63, 3.8) is 0 Å². The number of benzene rings is 2. The molecule has 0 saturated carbocycles. The second kappa shape index (κ2) is 12.9. The first-order valence-corrected chi connectivity index (χ1v) is 14.4. The predicted octanol–water partition coefficient (Wildman–Crippen LogP) is 4.13. The number of rotatable bonds is 12. The molecule has 2 aromatic carbocycles. The summed E-state index contributed by atoms with van der Waals surface area (Å²) in [7, 11) is -3.74. The molecule has 36 heavy (non-hydrogen) atoms. The van der Waals surface area contributed by atoms with Crippen molar-refractivity contribution in [2.45, 2.75) is 65.3 Å². The lowest BCUT2D eigenvalue weighted by molar-refractivity contribution is -0.139. The normalized spacial score (nSPS) is 12.6. The van der Waals surface area contributed by atoms with E-state index in [1.165, 1.54) is 4.90 Å². The van der Waals surface area contributed by atoms with E-state index in [0.717, 1.165) is 28.1 Å². The molecule has 0 radical (unpaired) electrons. The minimum Gasteiger partial charge on any atom is -0.354 e. The van der Waals surface area contributed by atoms with Crippen LogP contribution >= 0.6 is 0 Å². The maximum atomic E-state index is 13.6. The van der Waals surface area contributed by atoms with E-state index in [4.69, 9.17) is 0 Å². The van der Waals surface area contributed by atoms with Crippen molar-refractivity contribution in [1.82, 2.24) is 10.2 Å². The molecule has 0 aliphatic rings. The van der Waals surface area contributed by atoms with Crippen molar-refractivity contribution in [1.29, 1.82) is 0 Å². The van der Waals surface area contributed by atoms with Gasteiger partial charge in [-0.15, -0.1) is 0 Å². The lowest BCUT2D eigenvalue weighted by Crippen LogP contribution is -2.53. The van der Waals surface area contributed by atoms with Crippen molar-refractivity contribution in [3.8, 4) is 0 Å². The Bertz CT molecular complexity index is 1090. The first-order valence-electron chi connectivity index (χ1n) is 12.6. The number of nitrogens with zero attached hydrogens (tertiary/aromatic N) is 2.